The van der Waals surface area contributed by atoms with Crippen molar-refractivity contribution in [2.75, 3.05) is 6.54 Å². The van der Waals surface area contributed by atoms with Gasteiger partial charge in [0.05, 0.1) is 6.54 Å². The zero-order valence-electron chi connectivity index (χ0n) is 17.8. The molecule has 2 aromatic carbocycles. The summed E-state index contributed by atoms with van der Waals surface area (Å²) in [5, 5.41) is 2.65. The Kier molecular flexibility index (Phi) is 7.64. The normalized spacial score (nSPS) is 10.8. The summed E-state index contributed by atoms with van der Waals surface area (Å²) in [6.07, 6.45) is 0.675. The molecule has 1 N–H and O–H groups in total. The van der Waals surface area contributed by atoms with E-state index in [2.05, 4.69) is 5.32 Å². The number of amides is 1. The SMILES string of the molecule is CC(=O)NCCc1cccc(Cn2c(C)cc(OCc3ccc(F)cc3F)c(Cl)c2=O)c1. The van der Waals surface area contributed by atoms with Crippen molar-refractivity contribution in [3.05, 3.63) is 97.9 Å². The molecule has 1 amide bonds. The van der Waals surface area contributed by atoms with E-state index in [0.29, 0.717) is 25.2 Å². The van der Waals surface area contributed by atoms with Gasteiger partial charge in [0, 0.05) is 36.9 Å². The van der Waals surface area contributed by atoms with Crippen LogP contribution in [-0.4, -0.2) is 17.0 Å². The predicted molar refractivity (Wildman–Crippen MR) is 119 cm³/mol. The quantitative estimate of drug-likeness (QED) is 0.542. The molecule has 3 rings (SSSR count). The van der Waals surface area contributed by atoms with Crippen LogP contribution in [0.4, 0.5) is 8.78 Å². The first-order chi connectivity index (χ1) is 15.2. The average Bonchev–Trinajstić information content (AvgIpc) is 2.74. The summed E-state index contributed by atoms with van der Waals surface area (Å²) in [7, 11) is 0. The third-order valence-electron chi connectivity index (χ3n) is 4.93. The third-order valence-corrected chi connectivity index (χ3v) is 5.28. The van der Waals surface area contributed by atoms with Crippen LogP contribution >= 0.6 is 11.6 Å². The van der Waals surface area contributed by atoms with E-state index in [0.717, 1.165) is 23.3 Å². The molecule has 32 heavy (non-hydrogen) atoms. The van der Waals surface area contributed by atoms with Crippen LogP contribution in [0.5, 0.6) is 5.75 Å². The third kappa shape index (κ3) is 5.95. The van der Waals surface area contributed by atoms with Crippen LogP contribution in [0.3, 0.4) is 0 Å². The topological polar surface area (TPSA) is 60.3 Å². The van der Waals surface area contributed by atoms with E-state index in [1.165, 1.54) is 17.6 Å². The summed E-state index contributed by atoms with van der Waals surface area (Å²) < 4.78 is 34.0. The summed E-state index contributed by atoms with van der Waals surface area (Å²) in [6.45, 7) is 3.88. The van der Waals surface area contributed by atoms with Crippen molar-refractivity contribution < 1.29 is 18.3 Å². The molecule has 0 aliphatic rings. The molecular weight excluding hydrogens is 438 g/mol. The predicted octanol–water partition coefficient (Wildman–Crippen LogP) is 4.39. The summed E-state index contributed by atoms with van der Waals surface area (Å²) in [5.74, 6) is -1.35. The standard InChI is InChI=1S/C24H23ClF2N2O3/c1-15-10-22(32-14-19-6-7-20(26)12-21(19)27)23(25)24(31)29(15)13-18-5-3-4-17(11-18)8-9-28-16(2)30/h3-7,10-12H,8-9,13-14H2,1-2H3,(H,28,30). The van der Waals surface area contributed by atoms with Gasteiger partial charge in [-0.3, -0.25) is 9.59 Å². The highest BCUT2D eigenvalue weighted by atomic mass is 35.5. The van der Waals surface area contributed by atoms with Gasteiger partial charge in [0.2, 0.25) is 5.91 Å². The fraction of sp³-hybridized carbons (Fsp3) is 0.250. The van der Waals surface area contributed by atoms with Gasteiger partial charge in [-0.15, -0.1) is 0 Å². The number of hydrogen-bond donors (Lipinski definition) is 1. The lowest BCUT2D eigenvalue weighted by molar-refractivity contribution is -0.118. The average molecular weight is 461 g/mol. The number of hydrogen-bond acceptors (Lipinski definition) is 3. The Labute approximate surface area is 189 Å². The number of nitrogens with zero attached hydrogens (tertiary/aromatic N) is 1. The minimum Gasteiger partial charge on any atom is -0.487 e. The van der Waals surface area contributed by atoms with Gasteiger partial charge < -0.3 is 14.6 Å². The molecule has 0 bridgehead atoms. The van der Waals surface area contributed by atoms with Gasteiger partial charge in [0.25, 0.3) is 5.56 Å². The summed E-state index contributed by atoms with van der Waals surface area (Å²) >= 11 is 6.24. The lowest BCUT2D eigenvalue weighted by atomic mass is 10.1. The number of aryl methyl sites for hydroxylation is 1. The minimum atomic E-state index is -0.732. The molecule has 1 heterocycles. The second-order valence-corrected chi connectivity index (χ2v) is 7.81. The number of halogens is 3. The van der Waals surface area contributed by atoms with Gasteiger partial charge in [-0.05, 0) is 36.6 Å². The summed E-state index contributed by atoms with van der Waals surface area (Å²) in [4.78, 5) is 23.9. The van der Waals surface area contributed by atoms with Crippen LogP contribution in [0.15, 0.2) is 53.3 Å². The second-order valence-electron chi connectivity index (χ2n) is 7.43. The molecule has 0 saturated heterocycles. The van der Waals surface area contributed by atoms with Gasteiger partial charge in [-0.1, -0.05) is 35.9 Å². The second kappa shape index (κ2) is 10.4. The molecule has 0 atom stereocenters. The van der Waals surface area contributed by atoms with Crippen molar-refractivity contribution in [3.63, 3.8) is 0 Å². The highest BCUT2D eigenvalue weighted by molar-refractivity contribution is 6.31. The summed E-state index contributed by atoms with van der Waals surface area (Å²) in [5.41, 5.74) is 2.30. The van der Waals surface area contributed by atoms with Gasteiger partial charge in [-0.2, -0.15) is 0 Å². The van der Waals surface area contributed by atoms with Crippen LogP contribution in [-0.2, 0) is 24.4 Å². The molecular formula is C24H23ClF2N2O3. The van der Waals surface area contributed by atoms with Crippen molar-refractivity contribution in [1.29, 1.82) is 0 Å². The zero-order chi connectivity index (χ0) is 23.3. The van der Waals surface area contributed by atoms with E-state index in [4.69, 9.17) is 16.3 Å². The maximum absolute atomic E-state index is 13.8. The number of aromatic nitrogens is 1. The molecule has 3 aromatic rings. The van der Waals surface area contributed by atoms with E-state index in [-0.39, 0.29) is 28.8 Å². The van der Waals surface area contributed by atoms with Crippen molar-refractivity contribution in [2.24, 2.45) is 0 Å². The molecule has 0 aliphatic carbocycles. The zero-order valence-corrected chi connectivity index (χ0v) is 18.5. The maximum Gasteiger partial charge on any atom is 0.273 e. The van der Waals surface area contributed by atoms with E-state index in [9.17, 15) is 18.4 Å². The monoisotopic (exact) mass is 460 g/mol. The van der Waals surface area contributed by atoms with Crippen LogP contribution in [0.25, 0.3) is 0 Å². The molecule has 0 saturated carbocycles. The Morgan fingerprint density at radius 2 is 1.88 bits per heavy atom. The highest BCUT2D eigenvalue weighted by Gasteiger charge is 2.14. The Balaban J connectivity index is 1.76. The highest BCUT2D eigenvalue weighted by Crippen LogP contribution is 2.24. The molecule has 0 fully saturated rings. The Morgan fingerprint density at radius 3 is 2.59 bits per heavy atom. The first-order valence-electron chi connectivity index (χ1n) is 10.0. The molecule has 1 aromatic heterocycles. The number of ether oxygens (including phenoxy) is 1. The minimum absolute atomic E-state index is 0.0811. The first-order valence-corrected chi connectivity index (χ1v) is 10.4. The van der Waals surface area contributed by atoms with E-state index in [1.807, 2.05) is 24.3 Å². The van der Waals surface area contributed by atoms with Crippen molar-refractivity contribution in [1.82, 2.24) is 9.88 Å². The van der Waals surface area contributed by atoms with E-state index in [1.54, 1.807) is 13.0 Å². The number of rotatable bonds is 8. The Morgan fingerprint density at radius 1 is 1.12 bits per heavy atom. The molecule has 0 aliphatic heterocycles. The van der Waals surface area contributed by atoms with Gasteiger partial charge in [0.15, 0.2) is 0 Å². The van der Waals surface area contributed by atoms with Crippen molar-refractivity contribution >= 4 is 17.5 Å². The lowest BCUT2D eigenvalue weighted by Crippen LogP contribution is -2.24. The number of pyridine rings is 1. The molecule has 0 spiro atoms. The Hall–Kier alpha value is -3.19. The van der Waals surface area contributed by atoms with Crippen LogP contribution in [0.2, 0.25) is 5.02 Å². The first kappa shape index (κ1) is 23.5. The fourth-order valence-electron chi connectivity index (χ4n) is 3.26. The number of benzene rings is 2. The van der Waals surface area contributed by atoms with Crippen LogP contribution in [0.1, 0.15) is 29.3 Å². The number of carbonyl (C=O) groups excluding carboxylic acids is 1. The molecule has 0 unspecified atom stereocenters. The van der Waals surface area contributed by atoms with Crippen LogP contribution in [0, 0.1) is 18.6 Å². The Bertz CT molecular complexity index is 1190. The van der Waals surface area contributed by atoms with Gasteiger partial charge in [-0.25, -0.2) is 8.78 Å². The van der Waals surface area contributed by atoms with E-state index < -0.39 is 17.2 Å². The largest absolute Gasteiger partial charge is 0.487 e. The summed E-state index contributed by atoms with van der Waals surface area (Å²) in [6, 6.07) is 12.5. The fourth-order valence-corrected chi connectivity index (χ4v) is 3.47. The molecule has 8 heteroatoms. The smallest absolute Gasteiger partial charge is 0.273 e. The number of nitrogens with one attached hydrogen (secondary N) is 1. The van der Waals surface area contributed by atoms with Crippen molar-refractivity contribution in [3.8, 4) is 5.75 Å². The van der Waals surface area contributed by atoms with E-state index >= 15 is 0 Å². The lowest BCUT2D eigenvalue weighted by Gasteiger charge is -2.15. The number of carbonyl (C=O) groups is 1. The van der Waals surface area contributed by atoms with Crippen LogP contribution < -0.4 is 15.6 Å². The molecule has 0 radical (unpaired) electrons. The van der Waals surface area contributed by atoms with Gasteiger partial charge in [0.1, 0.15) is 29.0 Å². The molecule has 168 valence electrons. The van der Waals surface area contributed by atoms with Crippen molar-refractivity contribution in [2.45, 2.75) is 33.4 Å². The van der Waals surface area contributed by atoms with Gasteiger partial charge >= 0.3 is 0 Å². The maximum atomic E-state index is 13.8. The molecule has 5 nitrogen and oxygen atoms in total.